The number of hydrogen-bond donors (Lipinski definition) is 1. The van der Waals surface area contributed by atoms with Crippen LogP contribution in [0.15, 0.2) is 65.7 Å². The summed E-state index contributed by atoms with van der Waals surface area (Å²) < 4.78 is 1.26. The number of carboxylic acids is 1. The van der Waals surface area contributed by atoms with Crippen LogP contribution in [0.1, 0.15) is 0 Å². The van der Waals surface area contributed by atoms with E-state index >= 15 is 0 Å². The third-order valence-electron chi connectivity index (χ3n) is 2.37. The Morgan fingerprint density at radius 3 is 2.67 bits per heavy atom. The molecule has 0 amide bonds. The minimum absolute atomic E-state index is 0.287. The third-order valence-corrected chi connectivity index (χ3v) is 3.18. The zero-order valence-electron chi connectivity index (χ0n) is 9.54. The Morgan fingerprint density at radius 2 is 2.11 bits per heavy atom. The highest BCUT2D eigenvalue weighted by Crippen LogP contribution is 2.16. The molecule has 0 spiro atoms. The van der Waals surface area contributed by atoms with Gasteiger partial charge in [0.1, 0.15) is 0 Å². The number of carbonyl (C=O) groups is 1. The van der Waals surface area contributed by atoms with E-state index in [0.29, 0.717) is 5.57 Å². The Labute approximate surface area is 108 Å². The SMILES string of the molecule is C=C1C=CC=C1C(=O)O.c1ccc2scnc2c1. The third kappa shape index (κ3) is 2.73. The van der Waals surface area contributed by atoms with Crippen molar-refractivity contribution in [3.63, 3.8) is 0 Å². The van der Waals surface area contributed by atoms with Crippen LogP contribution < -0.4 is 0 Å². The summed E-state index contributed by atoms with van der Waals surface area (Å²) in [7, 11) is 0. The summed E-state index contributed by atoms with van der Waals surface area (Å²) in [5.74, 6) is -0.912. The van der Waals surface area contributed by atoms with Crippen LogP contribution in [0.2, 0.25) is 0 Å². The molecule has 2 aromatic rings. The number of nitrogens with zero attached hydrogens (tertiary/aromatic N) is 1. The number of aromatic nitrogens is 1. The van der Waals surface area contributed by atoms with Crippen LogP contribution in [-0.4, -0.2) is 16.1 Å². The van der Waals surface area contributed by atoms with Gasteiger partial charge in [-0.15, -0.1) is 11.3 Å². The number of allylic oxidation sites excluding steroid dienone is 3. The maximum atomic E-state index is 10.2. The second-order valence-electron chi connectivity index (χ2n) is 3.59. The van der Waals surface area contributed by atoms with Gasteiger partial charge in [-0.1, -0.05) is 30.9 Å². The number of carboxylic acid groups (broad SMARTS) is 1. The van der Waals surface area contributed by atoms with Crippen molar-refractivity contribution in [2.75, 3.05) is 0 Å². The van der Waals surface area contributed by atoms with E-state index < -0.39 is 5.97 Å². The summed E-state index contributed by atoms with van der Waals surface area (Å²) in [5.41, 5.74) is 3.82. The number of benzene rings is 1. The lowest BCUT2D eigenvalue weighted by molar-refractivity contribution is -0.132. The van der Waals surface area contributed by atoms with Crippen molar-refractivity contribution in [1.82, 2.24) is 4.98 Å². The molecule has 0 aliphatic heterocycles. The minimum Gasteiger partial charge on any atom is -0.478 e. The lowest BCUT2D eigenvalue weighted by atomic mass is 10.2. The van der Waals surface area contributed by atoms with E-state index in [4.69, 9.17) is 5.11 Å². The normalized spacial score (nSPS) is 13.1. The predicted octanol–water partition coefficient (Wildman–Crippen LogP) is 3.42. The fourth-order valence-corrected chi connectivity index (χ4v) is 2.15. The van der Waals surface area contributed by atoms with Gasteiger partial charge in [0.25, 0.3) is 0 Å². The van der Waals surface area contributed by atoms with E-state index in [1.807, 2.05) is 23.7 Å². The van der Waals surface area contributed by atoms with Crippen LogP contribution in [0.3, 0.4) is 0 Å². The lowest BCUT2D eigenvalue weighted by Crippen LogP contribution is -1.98. The first kappa shape index (κ1) is 12.3. The standard InChI is InChI=1S/C7H5NS.C7H6O2/c1-2-4-7-6(3-1)8-5-9-7;1-5-3-2-4-6(5)7(8)9/h1-5H;2-4H,1H2,(H,8,9). The van der Waals surface area contributed by atoms with Gasteiger partial charge in [0.15, 0.2) is 0 Å². The smallest absolute Gasteiger partial charge is 0.336 e. The number of para-hydroxylation sites is 1. The predicted molar refractivity (Wildman–Crippen MR) is 73.6 cm³/mol. The maximum absolute atomic E-state index is 10.2. The van der Waals surface area contributed by atoms with E-state index in [-0.39, 0.29) is 5.57 Å². The molecular formula is C14H11NO2S. The van der Waals surface area contributed by atoms with Gasteiger partial charge in [-0.2, -0.15) is 0 Å². The summed E-state index contributed by atoms with van der Waals surface area (Å²) in [4.78, 5) is 14.4. The van der Waals surface area contributed by atoms with Crippen LogP contribution in [0.4, 0.5) is 0 Å². The molecule has 1 heterocycles. The monoisotopic (exact) mass is 257 g/mol. The maximum Gasteiger partial charge on any atom is 0.336 e. The Kier molecular flexibility index (Phi) is 3.69. The molecular weight excluding hydrogens is 246 g/mol. The highest BCUT2D eigenvalue weighted by Gasteiger charge is 2.10. The largest absolute Gasteiger partial charge is 0.478 e. The number of fused-ring (bicyclic) bond motifs is 1. The molecule has 18 heavy (non-hydrogen) atoms. The summed E-state index contributed by atoms with van der Waals surface area (Å²) in [6.45, 7) is 3.52. The van der Waals surface area contributed by atoms with Gasteiger partial charge in [0.05, 0.1) is 21.3 Å². The van der Waals surface area contributed by atoms with Crippen molar-refractivity contribution in [2.45, 2.75) is 0 Å². The second-order valence-corrected chi connectivity index (χ2v) is 4.48. The Balaban J connectivity index is 0.000000134. The van der Waals surface area contributed by atoms with Crippen LogP contribution in [0.25, 0.3) is 10.2 Å². The topological polar surface area (TPSA) is 50.2 Å². The molecule has 0 fully saturated rings. The Bertz CT molecular complexity index is 622. The molecule has 3 nitrogen and oxygen atoms in total. The lowest BCUT2D eigenvalue weighted by Gasteiger charge is -1.92. The molecule has 90 valence electrons. The van der Waals surface area contributed by atoms with E-state index in [9.17, 15) is 4.79 Å². The number of rotatable bonds is 1. The van der Waals surface area contributed by atoms with Crippen LogP contribution in [0, 0.1) is 0 Å². The average molecular weight is 257 g/mol. The fraction of sp³-hybridized carbons (Fsp3) is 0. The van der Waals surface area contributed by atoms with Gasteiger partial charge < -0.3 is 5.11 Å². The van der Waals surface area contributed by atoms with E-state index in [0.717, 1.165) is 5.52 Å². The van der Waals surface area contributed by atoms with Crippen molar-refractivity contribution in [1.29, 1.82) is 0 Å². The molecule has 0 radical (unpaired) electrons. The summed E-state index contributed by atoms with van der Waals surface area (Å²) >= 11 is 1.68. The average Bonchev–Trinajstić information content (AvgIpc) is 2.97. The van der Waals surface area contributed by atoms with Crippen molar-refractivity contribution < 1.29 is 9.90 Å². The molecule has 4 heteroatoms. The molecule has 0 bridgehead atoms. The van der Waals surface area contributed by atoms with E-state index in [1.165, 1.54) is 10.8 Å². The summed E-state index contributed by atoms with van der Waals surface area (Å²) in [6.07, 6.45) is 4.87. The zero-order chi connectivity index (χ0) is 13.0. The van der Waals surface area contributed by atoms with Crippen LogP contribution in [0.5, 0.6) is 0 Å². The number of thiazole rings is 1. The summed E-state index contributed by atoms with van der Waals surface area (Å²) in [5, 5.41) is 8.41. The van der Waals surface area contributed by atoms with E-state index in [1.54, 1.807) is 23.5 Å². The fourth-order valence-electron chi connectivity index (χ4n) is 1.47. The summed E-state index contributed by atoms with van der Waals surface area (Å²) in [6, 6.07) is 8.13. The van der Waals surface area contributed by atoms with Crippen molar-refractivity contribution in [3.8, 4) is 0 Å². The molecule has 3 rings (SSSR count). The van der Waals surface area contributed by atoms with Gasteiger partial charge >= 0.3 is 5.97 Å². The molecule has 0 saturated heterocycles. The first-order valence-corrected chi connectivity index (χ1v) is 6.15. The number of hydrogen-bond acceptors (Lipinski definition) is 3. The minimum atomic E-state index is -0.912. The highest BCUT2D eigenvalue weighted by molar-refractivity contribution is 7.16. The second kappa shape index (κ2) is 5.42. The van der Waals surface area contributed by atoms with Gasteiger partial charge in [-0.3, -0.25) is 0 Å². The van der Waals surface area contributed by atoms with Crippen molar-refractivity contribution in [2.24, 2.45) is 0 Å². The van der Waals surface area contributed by atoms with Crippen molar-refractivity contribution in [3.05, 3.63) is 65.7 Å². The number of aliphatic carboxylic acids is 1. The molecule has 0 atom stereocenters. The van der Waals surface area contributed by atoms with Gasteiger partial charge in [0.2, 0.25) is 0 Å². The first-order chi connectivity index (χ1) is 8.68. The van der Waals surface area contributed by atoms with Gasteiger partial charge in [-0.05, 0) is 23.8 Å². The van der Waals surface area contributed by atoms with Gasteiger partial charge in [0, 0.05) is 0 Å². The molecule has 1 aromatic heterocycles. The molecule has 0 saturated carbocycles. The molecule has 1 aliphatic rings. The van der Waals surface area contributed by atoms with Gasteiger partial charge in [-0.25, -0.2) is 9.78 Å². The Morgan fingerprint density at radius 1 is 1.33 bits per heavy atom. The first-order valence-electron chi connectivity index (χ1n) is 5.27. The highest BCUT2D eigenvalue weighted by atomic mass is 32.1. The van der Waals surface area contributed by atoms with Crippen LogP contribution in [-0.2, 0) is 4.79 Å². The van der Waals surface area contributed by atoms with E-state index in [2.05, 4.69) is 17.6 Å². The molecule has 0 unspecified atom stereocenters. The van der Waals surface area contributed by atoms with Crippen molar-refractivity contribution >= 4 is 27.5 Å². The quantitative estimate of drug-likeness (QED) is 0.851. The van der Waals surface area contributed by atoms with Crippen LogP contribution >= 0.6 is 11.3 Å². The zero-order valence-corrected chi connectivity index (χ0v) is 10.4. The molecule has 1 N–H and O–H groups in total. The Hall–Kier alpha value is -2.20. The molecule has 1 aliphatic carbocycles. The molecule has 1 aromatic carbocycles.